The molecule has 51 valence electrons. The van der Waals surface area contributed by atoms with Crippen molar-refractivity contribution in [3.63, 3.8) is 0 Å². The van der Waals surface area contributed by atoms with Gasteiger partial charge in [0.25, 0.3) is 0 Å². The van der Waals surface area contributed by atoms with E-state index >= 15 is 0 Å². The van der Waals surface area contributed by atoms with Crippen LogP contribution < -0.4 is 0 Å². The lowest BCUT2D eigenvalue weighted by Gasteiger charge is -1.97. The fourth-order valence-corrected chi connectivity index (χ4v) is 0.864. The zero-order chi connectivity index (χ0) is 7.56. The lowest BCUT2D eigenvalue weighted by Crippen LogP contribution is -1.93. The summed E-state index contributed by atoms with van der Waals surface area (Å²) in [5, 5.41) is 0. The Morgan fingerprint density at radius 3 is 2.40 bits per heavy atom. The maximum absolute atomic E-state index is 10.8. The molecule has 0 aliphatic heterocycles. The molecule has 1 heteroatoms. The van der Waals surface area contributed by atoms with Crippen molar-refractivity contribution in [2.75, 3.05) is 0 Å². The Hall–Kier alpha value is -1.11. The minimum Gasteiger partial charge on any atom is -0.295 e. The van der Waals surface area contributed by atoms with Crippen molar-refractivity contribution in [3.05, 3.63) is 42.3 Å². The Labute approximate surface area is 60.7 Å². The third-order valence-corrected chi connectivity index (χ3v) is 1.40. The van der Waals surface area contributed by atoms with E-state index < -0.39 is 0 Å². The molecule has 1 nitrogen and oxygen atoms in total. The molecule has 0 saturated carbocycles. The Balaban J connectivity index is 3.15. The van der Waals surface area contributed by atoms with Gasteiger partial charge >= 0.3 is 0 Å². The first kappa shape index (κ1) is 7.00. The number of carbonyl (C=O) groups is 1. The minimum absolute atomic E-state index is 0.0746. The number of Topliss-reactive ketones (excluding diaryl/α,β-unsaturated/α-hetero) is 1. The molecule has 1 aromatic rings. The van der Waals surface area contributed by atoms with Gasteiger partial charge in [0.2, 0.25) is 0 Å². The number of hydrogen-bond acceptors (Lipinski definition) is 1. The highest BCUT2D eigenvalue weighted by Gasteiger charge is 1.99. The van der Waals surface area contributed by atoms with Crippen molar-refractivity contribution in [3.8, 4) is 0 Å². The molecule has 1 rings (SSSR count). The smallest absolute Gasteiger partial charge is 0.160 e. The second-order valence-corrected chi connectivity index (χ2v) is 2.21. The van der Waals surface area contributed by atoms with E-state index in [1.165, 1.54) is 0 Å². The van der Waals surface area contributed by atoms with Gasteiger partial charge in [0.05, 0.1) is 0 Å². The van der Waals surface area contributed by atoms with Crippen LogP contribution >= 0.6 is 0 Å². The van der Waals surface area contributed by atoms with E-state index in [-0.39, 0.29) is 5.78 Å². The molecule has 0 bridgehead atoms. The van der Waals surface area contributed by atoms with E-state index in [2.05, 4.69) is 6.92 Å². The van der Waals surface area contributed by atoms with Gasteiger partial charge in [-0.3, -0.25) is 4.79 Å². The Kier molecular flexibility index (Phi) is 1.86. The minimum atomic E-state index is 0.0746. The third kappa shape index (κ3) is 1.24. The summed E-state index contributed by atoms with van der Waals surface area (Å²) in [5.74, 6) is 0.0746. The van der Waals surface area contributed by atoms with Gasteiger partial charge < -0.3 is 0 Å². The highest BCUT2D eigenvalue weighted by Crippen LogP contribution is 2.06. The van der Waals surface area contributed by atoms with Crippen molar-refractivity contribution in [2.45, 2.75) is 6.92 Å². The molecular formula is C9H9O. The Morgan fingerprint density at radius 2 is 2.00 bits per heavy atom. The summed E-state index contributed by atoms with van der Waals surface area (Å²) in [6, 6.07) is 7.32. The average Bonchev–Trinajstić information content (AvgIpc) is 1.88. The van der Waals surface area contributed by atoms with E-state index in [0.29, 0.717) is 5.56 Å². The first-order valence-corrected chi connectivity index (χ1v) is 3.14. The monoisotopic (exact) mass is 133 g/mol. The molecule has 0 atom stereocenters. The largest absolute Gasteiger partial charge is 0.295 e. The quantitative estimate of drug-likeness (QED) is 0.536. The predicted molar refractivity (Wildman–Crippen MR) is 40.9 cm³/mol. The van der Waals surface area contributed by atoms with E-state index in [0.717, 1.165) is 5.56 Å². The fourth-order valence-electron chi connectivity index (χ4n) is 0.864. The summed E-state index contributed by atoms with van der Waals surface area (Å²) in [5.41, 5.74) is 1.51. The van der Waals surface area contributed by atoms with Gasteiger partial charge in [-0.2, -0.15) is 0 Å². The lowest BCUT2D eigenvalue weighted by molar-refractivity contribution is 0.101. The Morgan fingerprint density at radius 1 is 1.40 bits per heavy atom. The van der Waals surface area contributed by atoms with Crippen molar-refractivity contribution in [1.29, 1.82) is 0 Å². The van der Waals surface area contributed by atoms with Gasteiger partial charge in [0, 0.05) is 5.56 Å². The normalized spacial score (nSPS) is 9.40. The number of benzene rings is 1. The SMILES string of the molecule is [CH2]c1ccccc1C(C)=O. The molecule has 0 aliphatic carbocycles. The van der Waals surface area contributed by atoms with Crippen molar-refractivity contribution < 1.29 is 4.79 Å². The summed E-state index contributed by atoms with van der Waals surface area (Å²) in [6.45, 7) is 5.27. The molecule has 0 aliphatic rings. The lowest BCUT2D eigenvalue weighted by atomic mass is 10.1. The number of ketones is 1. The van der Waals surface area contributed by atoms with Gasteiger partial charge in [0.1, 0.15) is 0 Å². The molecule has 0 spiro atoms. The molecule has 0 unspecified atom stereocenters. The highest BCUT2D eigenvalue weighted by atomic mass is 16.1. The number of carbonyl (C=O) groups excluding carboxylic acids is 1. The average molecular weight is 133 g/mol. The van der Waals surface area contributed by atoms with Crippen LogP contribution in [-0.2, 0) is 0 Å². The van der Waals surface area contributed by atoms with E-state index in [4.69, 9.17) is 0 Å². The molecule has 10 heavy (non-hydrogen) atoms. The van der Waals surface area contributed by atoms with Crippen molar-refractivity contribution in [2.24, 2.45) is 0 Å². The first-order valence-electron chi connectivity index (χ1n) is 3.14. The molecule has 1 radical (unpaired) electrons. The molecule has 0 fully saturated rings. The molecule has 0 N–H and O–H groups in total. The second-order valence-electron chi connectivity index (χ2n) is 2.21. The van der Waals surface area contributed by atoms with Crippen molar-refractivity contribution in [1.82, 2.24) is 0 Å². The predicted octanol–water partition coefficient (Wildman–Crippen LogP) is 2.07. The van der Waals surface area contributed by atoms with Crippen LogP contribution in [-0.4, -0.2) is 5.78 Å². The maximum Gasteiger partial charge on any atom is 0.160 e. The van der Waals surface area contributed by atoms with E-state index in [1.54, 1.807) is 13.0 Å². The zero-order valence-electron chi connectivity index (χ0n) is 5.92. The van der Waals surface area contributed by atoms with E-state index in [9.17, 15) is 4.79 Å². The first-order chi connectivity index (χ1) is 4.72. The standard InChI is InChI=1S/C9H9O/c1-7-5-3-4-6-9(7)8(2)10/h3-6H,1H2,2H3. The van der Waals surface area contributed by atoms with Gasteiger partial charge in [-0.05, 0) is 19.4 Å². The molecule has 0 aromatic heterocycles. The Bertz CT molecular complexity index is 251. The van der Waals surface area contributed by atoms with Gasteiger partial charge in [-0.1, -0.05) is 24.3 Å². The number of rotatable bonds is 1. The summed E-state index contributed by atoms with van der Waals surface area (Å²) >= 11 is 0. The van der Waals surface area contributed by atoms with E-state index in [1.807, 2.05) is 18.2 Å². The van der Waals surface area contributed by atoms with Crippen LogP contribution in [0.3, 0.4) is 0 Å². The summed E-state index contributed by atoms with van der Waals surface area (Å²) in [4.78, 5) is 10.8. The molecule has 0 saturated heterocycles. The van der Waals surface area contributed by atoms with Crippen LogP contribution in [0, 0.1) is 6.92 Å². The van der Waals surface area contributed by atoms with Gasteiger partial charge in [-0.15, -0.1) is 0 Å². The molecular weight excluding hydrogens is 124 g/mol. The summed E-state index contributed by atoms with van der Waals surface area (Å²) < 4.78 is 0. The molecule has 1 aromatic carbocycles. The fraction of sp³-hybridized carbons (Fsp3) is 0.111. The molecule has 0 amide bonds. The summed E-state index contributed by atoms with van der Waals surface area (Å²) in [7, 11) is 0. The van der Waals surface area contributed by atoms with Crippen LogP contribution in [0.4, 0.5) is 0 Å². The van der Waals surface area contributed by atoms with Crippen LogP contribution in [0.1, 0.15) is 22.8 Å². The maximum atomic E-state index is 10.8. The second kappa shape index (κ2) is 2.65. The van der Waals surface area contributed by atoms with Crippen LogP contribution in [0.15, 0.2) is 24.3 Å². The highest BCUT2D eigenvalue weighted by molar-refractivity contribution is 5.95. The third-order valence-electron chi connectivity index (χ3n) is 1.40. The zero-order valence-corrected chi connectivity index (χ0v) is 5.92. The van der Waals surface area contributed by atoms with Crippen LogP contribution in [0.2, 0.25) is 0 Å². The number of hydrogen-bond donors (Lipinski definition) is 0. The van der Waals surface area contributed by atoms with Crippen molar-refractivity contribution >= 4 is 5.78 Å². The topological polar surface area (TPSA) is 17.1 Å². The van der Waals surface area contributed by atoms with Crippen LogP contribution in [0.25, 0.3) is 0 Å². The van der Waals surface area contributed by atoms with Gasteiger partial charge in [0.15, 0.2) is 5.78 Å². The van der Waals surface area contributed by atoms with Gasteiger partial charge in [-0.25, -0.2) is 0 Å². The summed E-state index contributed by atoms with van der Waals surface area (Å²) in [6.07, 6.45) is 0. The molecule has 0 heterocycles. The van der Waals surface area contributed by atoms with Crippen LogP contribution in [0.5, 0.6) is 0 Å².